The molecule has 0 spiro atoms. The number of amides is 1. The summed E-state index contributed by atoms with van der Waals surface area (Å²) in [5.41, 5.74) is 2.87. The van der Waals surface area contributed by atoms with Gasteiger partial charge in [-0.25, -0.2) is 4.39 Å². The average Bonchev–Trinajstić information content (AvgIpc) is 2.65. The summed E-state index contributed by atoms with van der Waals surface area (Å²) >= 11 is 0. The van der Waals surface area contributed by atoms with Crippen LogP contribution in [-0.4, -0.2) is 22.6 Å². The number of carbonyl (C=O) groups is 1. The van der Waals surface area contributed by atoms with Crippen LogP contribution in [0, 0.1) is 12.7 Å². The molecule has 132 valence electrons. The summed E-state index contributed by atoms with van der Waals surface area (Å²) in [5.74, 6) is -0.0892. The van der Waals surface area contributed by atoms with Crippen molar-refractivity contribution in [2.45, 2.75) is 13.8 Å². The smallest absolute Gasteiger partial charge is 0.276 e. The SMILES string of the molecule is CCN(c1cccc(C)c1)c1ccc(C(=O)Nc2ccc(F)cc2)nn1. The molecule has 0 fully saturated rings. The highest BCUT2D eigenvalue weighted by atomic mass is 19.1. The Balaban J connectivity index is 1.76. The lowest BCUT2D eigenvalue weighted by Crippen LogP contribution is -2.19. The Morgan fingerprint density at radius 2 is 1.85 bits per heavy atom. The first-order chi connectivity index (χ1) is 12.6. The van der Waals surface area contributed by atoms with E-state index in [4.69, 9.17) is 0 Å². The summed E-state index contributed by atoms with van der Waals surface area (Å²) in [7, 11) is 0. The molecule has 0 saturated heterocycles. The molecule has 0 bridgehead atoms. The first-order valence-corrected chi connectivity index (χ1v) is 8.31. The number of rotatable bonds is 5. The van der Waals surface area contributed by atoms with Crippen molar-refractivity contribution in [3.63, 3.8) is 0 Å². The van der Waals surface area contributed by atoms with Crippen LogP contribution in [-0.2, 0) is 0 Å². The number of nitrogens with one attached hydrogen (secondary N) is 1. The van der Waals surface area contributed by atoms with E-state index < -0.39 is 5.91 Å². The monoisotopic (exact) mass is 350 g/mol. The second kappa shape index (κ2) is 7.74. The van der Waals surface area contributed by atoms with E-state index >= 15 is 0 Å². The first kappa shape index (κ1) is 17.5. The van der Waals surface area contributed by atoms with Crippen LogP contribution >= 0.6 is 0 Å². The highest BCUT2D eigenvalue weighted by Gasteiger charge is 2.13. The molecule has 3 rings (SSSR count). The first-order valence-electron chi connectivity index (χ1n) is 8.31. The Labute approximate surface area is 151 Å². The van der Waals surface area contributed by atoms with Crippen molar-refractivity contribution in [3.05, 3.63) is 77.7 Å². The zero-order valence-electron chi connectivity index (χ0n) is 14.6. The van der Waals surface area contributed by atoms with Gasteiger partial charge in [-0.05, 0) is 67.9 Å². The van der Waals surface area contributed by atoms with Gasteiger partial charge in [0.1, 0.15) is 5.82 Å². The topological polar surface area (TPSA) is 58.1 Å². The number of hydrogen-bond acceptors (Lipinski definition) is 4. The van der Waals surface area contributed by atoms with Crippen molar-refractivity contribution in [2.24, 2.45) is 0 Å². The van der Waals surface area contributed by atoms with E-state index in [-0.39, 0.29) is 11.5 Å². The van der Waals surface area contributed by atoms with Crippen LogP contribution in [0.25, 0.3) is 0 Å². The summed E-state index contributed by atoms with van der Waals surface area (Å²) < 4.78 is 12.9. The van der Waals surface area contributed by atoms with Gasteiger partial charge < -0.3 is 10.2 Å². The number of anilines is 3. The molecule has 0 aliphatic carbocycles. The fourth-order valence-electron chi connectivity index (χ4n) is 2.59. The van der Waals surface area contributed by atoms with E-state index in [0.29, 0.717) is 11.5 Å². The Morgan fingerprint density at radius 3 is 2.46 bits per heavy atom. The lowest BCUT2D eigenvalue weighted by molar-refractivity contribution is 0.102. The molecule has 0 unspecified atom stereocenters. The van der Waals surface area contributed by atoms with Crippen LogP contribution in [0.3, 0.4) is 0 Å². The largest absolute Gasteiger partial charge is 0.325 e. The molecule has 0 atom stereocenters. The molecule has 5 nitrogen and oxygen atoms in total. The highest BCUT2D eigenvalue weighted by Crippen LogP contribution is 2.23. The fraction of sp³-hybridized carbons (Fsp3) is 0.150. The predicted molar refractivity (Wildman–Crippen MR) is 100 cm³/mol. The minimum Gasteiger partial charge on any atom is -0.325 e. The van der Waals surface area contributed by atoms with E-state index in [9.17, 15) is 9.18 Å². The number of halogens is 1. The second-order valence-corrected chi connectivity index (χ2v) is 5.82. The van der Waals surface area contributed by atoms with E-state index in [1.54, 1.807) is 12.1 Å². The van der Waals surface area contributed by atoms with Crippen LogP contribution in [0.4, 0.5) is 21.6 Å². The van der Waals surface area contributed by atoms with Crippen LogP contribution in [0.1, 0.15) is 23.0 Å². The summed E-state index contributed by atoms with van der Waals surface area (Å²) in [4.78, 5) is 14.3. The third kappa shape index (κ3) is 4.03. The Hall–Kier alpha value is -3.28. The minimum atomic E-state index is -0.394. The van der Waals surface area contributed by atoms with Crippen molar-refractivity contribution in [3.8, 4) is 0 Å². The summed E-state index contributed by atoms with van der Waals surface area (Å²) in [5, 5.41) is 10.9. The van der Waals surface area contributed by atoms with Crippen LogP contribution in [0.2, 0.25) is 0 Å². The number of benzene rings is 2. The molecule has 0 saturated carbocycles. The number of carbonyl (C=O) groups excluding carboxylic acids is 1. The maximum absolute atomic E-state index is 12.9. The molecule has 1 heterocycles. The van der Waals surface area contributed by atoms with Gasteiger partial charge in [-0.2, -0.15) is 0 Å². The quantitative estimate of drug-likeness (QED) is 0.744. The molecule has 0 aliphatic heterocycles. The summed E-state index contributed by atoms with van der Waals surface area (Å²) in [6.45, 7) is 4.78. The average molecular weight is 350 g/mol. The Bertz CT molecular complexity index is 894. The summed E-state index contributed by atoms with van der Waals surface area (Å²) in [6, 6.07) is 17.0. The Morgan fingerprint density at radius 1 is 1.08 bits per heavy atom. The van der Waals surface area contributed by atoms with E-state index in [2.05, 4.69) is 21.6 Å². The molecule has 6 heteroatoms. The zero-order chi connectivity index (χ0) is 18.5. The fourth-order valence-corrected chi connectivity index (χ4v) is 2.59. The Kier molecular flexibility index (Phi) is 5.22. The van der Waals surface area contributed by atoms with Gasteiger partial charge in [0.25, 0.3) is 5.91 Å². The van der Waals surface area contributed by atoms with Crippen LogP contribution < -0.4 is 10.2 Å². The van der Waals surface area contributed by atoms with Crippen molar-refractivity contribution in [1.82, 2.24) is 10.2 Å². The minimum absolute atomic E-state index is 0.193. The van der Waals surface area contributed by atoms with Crippen molar-refractivity contribution in [2.75, 3.05) is 16.8 Å². The lowest BCUT2D eigenvalue weighted by Gasteiger charge is -2.22. The molecule has 2 aromatic carbocycles. The van der Waals surface area contributed by atoms with Crippen LogP contribution in [0.5, 0.6) is 0 Å². The predicted octanol–water partition coefficient (Wildman–Crippen LogP) is 4.33. The van der Waals surface area contributed by atoms with Crippen LogP contribution in [0.15, 0.2) is 60.7 Å². The molecule has 3 aromatic rings. The molecule has 1 N–H and O–H groups in total. The number of hydrogen-bond donors (Lipinski definition) is 1. The van der Waals surface area contributed by atoms with Gasteiger partial charge in [-0.15, -0.1) is 10.2 Å². The number of aromatic nitrogens is 2. The zero-order valence-corrected chi connectivity index (χ0v) is 14.6. The van der Waals surface area contributed by atoms with E-state index in [1.165, 1.54) is 24.3 Å². The lowest BCUT2D eigenvalue weighted by atomic mass is 10.2. The molecule has 26 heavy (non-hydrogen) atoms. The molecule has 0 aliphatic rings. The van der Waals surface area contributed by atoms with Gasteiger partial charge >= 0.3 is 0 Å². The van der Waals surface area contributed by atoms with Gasteiger partial charge in [-0.1, -0.05) is 12.1 Å². The van der Waals surface area contributed by atoms with Crippen molar-refractivity contribution >= 4 is 23.1 Å². The molecule has 0 radical (unpaired) electrons. The normalized spacial score (nSPS) is 10.4. The van der Waals surface area contributed by atoms with Crippen molar-refractivity contribution < 1.29 is 9.18 Å². The van der Waals surface area contributed by atoms with Crippen molar-refractivity contribution in [1.29, 1.82) is 0 Å². The van der Waals surface area contributed by atoms with Gasteiger partial charge in [0.2, 0.25) is 0 Å². The van der Waals surface area contributed by atoms with E-state index in [0.717, 1.165) is 17.8 Å². The standard InChI is InChI=1S/C20H19FN4O/c1-3-25(17-6-4-5-14(2)13-17)19-12-11-18(23-24-19)20(26)22-16-9-7-15(21)8-10-16/h4-13H,3H2,1-2H3,(H,22,26). The number of aryl methyl sites for hydroxylation is 1. The maximum Gasteiger partial charge on any atom is 0.276 e. The van der Waals surface area contributed by atoms with Gasteiger partial charge in [0.15, 0.2) is 11.5 Å². The second-order valence-electron chi connectivity index (χ2n) is 5.82. The maximum atomic E-state index is 12.9. The molecule has 1 amide bonds. The van der Waals surface area contributed by atoms with Gasteiger partial charge in [0, 0.05) is 17.9 Å². The molecular weight excluding hydrogens is 331 g/mol. The van der Waals surface area contributed by atoms with E-state index in [1.807, 2.05) is 36.9 Å². The summed E-state index contributed by atoms with van der Waals surface area (Å²) in [6.07, 6.45) is 0. The molecule has 1 aromatic heterocycles. The van der Waals surface area contributed by atoms with Gasteiger partial charge in [0.05, 0.1) is 0 Å². The number of nitrogens with zero attached hydrogens (tertiary/aromatic N) is 3. The highest BCUT2D eigenvalue weighted by molar-refractivity contribution is 6.02. The molecular formula is C20H19FN4O. The third-order valence-corrected chi connectivity index (χ3v) is 3.89. The third-order valence-electron chi connectivity index (χ3n) is 3.89. The van der Waals surface area contributed by atoms with Gasteiger partial charge in [-0.3, -0.25) is 4.79 Å².